The monoisotopic (exact) mass is 579 g/mol. The van der Waals surface area contributed by atoms with Crippen molar-refractivity contribution in [2.45, 2.75) is 78.1 Å². The summed E-state index contributed by atoms with van der Waals surface area (Å²) in [5.41, 5.74) is 0.0942. The van der Waals surface area contributed by atoms with Crippen molar-refractivity contribution >= 4 is 36.5 Å². The third-order valence-corrected chi connectivity index (χ3v) is 12.7. The molecule has 0 saturated carbocycles. The van der Waals surface area contributed by atoms with E-state index in [1.54, 1.807) is 0 Å². The summed E-state index contributed by atoms with van der Waals surface area (Å²) in [5, 5.41) is 16.4. The molecule has 0 bridgehead atoms. The highest BCUT2D eigenvalue weighted by molar-refractivity contribution is 6.99. The van der Waals surface area contributed by atoms with Crippen molar-refractivity contribution in [3.63, 3.8) is 0 Å². The molecule has 2 amide bonds. The fourth-order valence-electron chi connectivity index (χ4n) is 5.67. The zero-order chi connectivity index (χ0) is 30.6. The van der Waals surface area contributed by atoms with Crippen LogP contribution in [0.5, 0.6) is 0 Å². The number of carboxylic acid groups (broad SMARTS) is 1. The molecule has 0 unspecified atom stereocenters. The number of hydrogen-bond donors (Lipinski definition) is 3. The Morgan fingerprint density at radius 3 is 1.93 bits per heavy atom. The van der Waals surface area contributed by atoms with Crippen LogP contribution in [0.3, 0.4) is 0 Å². The molecule has 2 aromatic carbocycles. The molecule has 3 atom stereocenters. The van der Waals surface area contributed by atoms with Gasteiger partial charge >= 0.3 is 5.97 Å². The third-order valence-electron chi connectivity index (χ3n) is 7.64. The third kappa shape index (κ3) is 7.26. The topological polar surface area (TPSA) is 108 Å². The van der Waals surface area contributed by atoms with Crippen LogP contribution < -0.4 is 21.0 Å². The summed E-state index contributed by atoms with van der Waals surface area (Å²) in [7, 11) is -2.85. The second kappa shape index (κ2) is 12.6. The van der Waals surface area contributed by atoms with Gasteiger partial charge in [0.1, 0.15) is 18.6 Å². The zero-order valence-corrected chi connectivity index (χ0v) is 26.4. The van der Waals surface area contributed by atoms with E-state index in [9.17, 15) is 14.4 Å². The Morgan fingerprint density at radius 1 is 1.00 bits per heavy atom. The van der Waals surface area contributed by atoms with Crippen LogP contribution in [0, 0.1) is 5.41 Å². The first kappa shape index (κ1) is 32.1. The molecule has 3 N–H and O–H groups in total. The van der Waals surface area contributed by atoms with Crippen LogP contribution in [0.1, 0.15) is 54.9 Å². The number of allylic oxidation sites excluding steroid dienone is 1. The van der Waals surface area contributed by atoms with Gasteiger partial charge in [0.15, 0.2) is 0 Å². The van der Waals surface area contributed by atoms with E-state index in [-0.39, 0.29) is 17.0 Å². The second-order valence-corrected chi connectivity index (χ2v) is 17.2. The molecule has 41 heavy (non-hydrogen) atoms. The largest absolute Gasteiger partial charge is 0.480 e. The molecular weight excluding hydrogens is 534 g/mol. The van der Waals surface area contributed by atoms with Gasteiger partial charge in [0.25, 0.3) is 8.32 Å². The van der Waals surface area contributed by atoms with Crippen molar-refractivity contribution in [2.75, 3.05) is 13.1 Å². The molecule has 0 aliphatic carbocycles. The van der Waals surface area contributed by atoms with E-state index in [4.69, 9.17) is 9.53 Å². The van der Waals surface area contributed by atoms with Gasteiger partial charge in [-0.1, -0.05) is 109 Å². The highest BCUT2D eigenvalue weighted by Crippen LogP contribution is 2.39. The van der Waals surface area contributed by atoms with Gasteiger partial charge in [-0.2, -0.15) is 0 Å². The minimum Gasteiger partial charge on any atom is -0.480 e. The van der Waals surface area contributed by atoms with E-state index in [1.165, 1.54) is 0 Å². The lowest BCUT2D eigenvalue weighted by molar-refractivity contribution is -0.139. The van der Waals surface area contributed by atoms with Gasteiger partial charge in [-0.15, -0.1) is 0 Å². The molecule has 0 aromatic heterocycles. The number of benzene rings is 2. The van der Waals surface area contributed by atoms with E-state index in [1.807, 2.05) is 69.0 Å². The molecule has 9 heteroatoms. The summed E-state index contributed by atoms with van der Waals surface area (Å²) in [6, 6.07) is 19.3. The Bertz CT molecular complexity index is 1200. The Morgan fingerprint density at radius 2 is 1.51 bits per heavy atom. The summed E-state index contributed by atoms with van der Waals surface area (Å²) >= 11 is 0. The lowest BCUT2D eigenvalue weighted by Gasteiger charge is -2.44. The van der Waals surface area contributed by atoms with Crippen molar-refractivity contribution in [2.24, 2.45) is 5.41 Å². The van der Waals surface area contributed by atoms with Crippen LogP contribution in [0.25, 0.3) is 0 Å². The highest BCUT2D eigenvalue weighted by atomic mass is 28.4. The minimum absolute atomic E-state index is 0.219. The molecule has 3 rings (SSSR count). The number of nitrogens with zero attached hydrogens (tertiary/aromatic N) is 1. The number of carboxylic acids is 1. The number of rotatable bonds is 10. The van der Waals surface area contributed by atoms with E-state index in [0.717, 1.165) is 16.1 Å². The molecule has 8 nitrogen and oxygen atoms in total. The number of amides is 2. The van der Waals surface area contributed by atoms with Gasteiger partial charge in [0.05, 0.1) is 6.10 Å². The number of hydrogen-bond acceptors (Lipinski definition) is 5. The van der Waals surface area contributed by atoms with Gasteiger partial charge in [-0.3, -0.25) is 14.4 Å². The van der Waals surface area contributed by atoms with Crippen LogP contribution in [0.4, 0.5) is 0 Å². The number of likely N-dealkylation sites (tertiary alicyclic amines) is 1. The van der Waals surface area contributed by atoms with Crippen molar-refractivity contribution in [3.8, 4) is 0 Å². The van der Waals surface area contributed by atoms with E-state index in [2.05, 4.69) is 62.2 Å². The minimum atomic E-state index is -2.85. The molecule has 2 aromatic rings. The number of carbonyl (C=O) groups is 3. The molecule has 1 saturated heterocycles. The maximum Gasteiger partial charge on any atom is 0.322 e. The van der Waals surface area contributed by atoms with Crippen molar-refractivity contribution in [1.82, 2.24) is 15.5 Å². The molecular formula is C32H45N3O5Si. The predicted molar refractivity (Wildman–Crippen MR) is 164 cm³/mol. The Balaban J connectivity index is 1.96. The highest BCUT2D eigenvalue weighted by Gasteiger charge is 2.53. The Kier molecular flexibility index (Phi) is 9.87. The smallest absolute Gasteiger partial charge is 0.322 e. The maximum atomic E-state index is 13.8. The summed E-state index contributed by atoms with van der Waals surface area (Å²) in [6.45, 7) is 18.1. The lowest BCUT2D eigenvalue weighted by atomic mass is 9.85. The SMILES string of the molecule is C=C(C)N1C[C@H](O[Si](c2ccccc2)(c2ccccc2)C(C)(C)C)C[C@H]1C(=O)N[C@H](C(=O)NCC(=O)O)C(C)(C)C. The molecule has 1 heterocycles. The summed E-state index contributed by atoms with van der Waals surface area (Å²) < 4.78 is 7.31. The first-order valence-corrected chi connectivity index (χ1v) is 16.0. The van der Waals surface area contributed by atoms with Gasteiger partial charge in [-0.25, -0.2) is 0 Å². The van der Waals surface area contributed by atoms with Gasteiger partial charge in [-0.05, 0) is 27.8 Å². The van der Waals surface area contributed by atoms with Crippen molar-refractivity contribution in [1.29, 1.82) is 0 Å². The van der Waals surface area contributed by atoms with Crippen LogP contribution >= 0.6 is 0 Å². The second-order valence-electron chi connectivity index (χ2n) is 13.0. The standard InChI is InChI=1S/C32H45N3O5Si/c1-22(2)35-21-23(19-26(35)29(38)34-28(31(3,4)5)30(39)33-20-27(36)37)40-41(32(6,7)8,24-15-11-9-12-16-24)25-17-13-10-14-18-25/h9-18,23,26,28H,1,19-21H2,2-8H3,(H,33,39)(H,34,38)(H,36,37)/t23-,26+,28-/m1/s1. The van der Waals surface area contributed by atoms with E-state index < -0.39 is 44.2 Å². The molecule has 1 aliphatic heterocycles. The number of aliphatic carboxylic acids is 1. The predicted octanol–water partition coefficient (Wildman–Crippen LogP) is 3.27. The van der Waals surface area contributed by atoms with Gasteiger partial charge in [0.2, 0.25) is 11.8 Å². The fraction of sp³-hybridized carbons (Fsp3) is 0.469. The first-order valence-electron chi connectivity index (χ1n) is 14.1. The Labute approximate surface area is 245 Å². The summed E-state index contributed by atoms with van der Waals surface area (Å²) in [5.74, 6) is -2.00. The normalized spacial score (nSPS) is 18.5. The van der Waals surface area contributed by atoms with E-state index >= 15 is 0 Å². The summed E-state index contributed by atoms with van der Waals surface area (Å²) in [4.78, 5) is 39.6. The van der Waals surface area contributed by atoms with Crippen LogP contribution in [-0.2, 0) is 18.8 Å². The van der Waals surface area contributed by atoms with Gasteiger partial charge < -0.3 is 25.1 Å². The fourth-order valence-corrected chi connectivity index (χ4v) is 10.4. The lowest BCUT2D eigenvalue weighted by Crippen LogP contribution is -2.67. The molecule has 0 radical (unpaired) electrons. The van der Waals surface area contributed by atoms with Crippen molar-refractivity contribution < 1.29 is 23.9 Å². The number of nitrogens with one attached hydrogen (secondary N) is 2. The molecule has 222 valence electrons. The quantitative estimate of drug-likeness (QED) is 0.373. The van der Waals surface area contributed by atoms with Crippen LogP contribution in [0.15, 0.2) is 72.9 Å². The van der Waals surface area contributed by atoms with Crippen molar-refractivity contribution in [3.05, 3.63) is 72.9 Å². The average Bonchev–Trinajstić information content (AvgIpc) is 3.33. The Hall–Kier alpha value is -3.43. The zero-order valence-electron chi connectivity index (χ0n) is 25.4. The van der Waals surface area contributed by atoms with Crippen LogP contribution in [0.2, 0.25) is 5.04 Å². The number of carbonyl (C=O) groups excluding carboxylic acids is 2. The van der Waals surface area contributed by atoms with Gasteiger partial charge in [0, 0.05) is 18.7 Å². The van der Waals surface area contributed by atoms with Crippen LogP contribution in [-0.4, -0.2) is 67.4 Å². The average molecular weight is 580 g/mol. The maximum absolute atomic E-state index is 13.8. The van der Waals surface area contributed by atoms with E-state index in [0.29, 0.717) is 13.0 Å². The summed E-state index contributed by atoms with van der Waals surface area (Å²) in [6.07, 6.45) is 0.166. The first-order chi connectivity index (χ1) is 19.1. The molecule has 0 spiro atoms. The molecule has 1 aliphatic rings. The molecule has 1 fully saturated rings.